The maximum Gasteiger partial charge on any atom is 0.126 e. The Labute approximate surface area is 129 Å². The fourth-order valence-electron chi connectivity index (χ4n) is 3.22. The smallest absolute Gasteiger partial charge is 0.126 e. The third kappa shape index (κ3) is 3.33. The summed E-state index contributed by atoms with van der Waals surface area (Å²) >= 11 is 0. The summed E-state index contributed by atoms with van der Waals surface area (Å²) in [5, 5.41) is 0. The van der Waals surface area contributed by atoms with Crippen LogP contribution >= 0.6 is 0 Å². The van der Waals surface area contributed by atoms with Gasteiger partial charge in [0.2, 0.25) is 0 Å². The van der Waals surface area contributed by atoms with Gasteiger partial charge in [0.25, 0.3) is 0 Å². The second kappa shape index (κ2) is 5.51. The highest BCUT2D eigenvalue weighted by atomic mass is 16.5. The molecule has 1 nitrogen and oxygen atoms in total. The lowest BCUT2D eigenvalue weighted by atomic mass is 9.83. The van der Waals surface area contributed by atoms with Gasteiger partial charge in [-0.25, -0.2) is 0 Å². The zero-order valence-electron chi connectivity index (χ0n) is 13.8. The van der Waals surface area contributed by atoms with Gasteiger partial charge in [-0.05, 0) is 53.0 Å². The molecule has 0 atom stereocenters. The lowest BCUT2D eigenvalue weighted by Crippen LogP contribution is -2.13. The van der Waals surface area contributed by atoms with Gasteiger partial charge < -0.3 is 4.74 Å². The molecule has 1 aliphatic carbocycles. The molecule has 2 aliphatic rings. The predicted octanol–water partition coefficient (Wildman–Crippen LogP) is 5.51. The van der Waals surface area contributed by atoms with Crippen molar-refractivity contribution in [2.75, 3.05) is 6.61 Å². The van der Waals surface area contributed by atoms with Gasteiger partial charge in [0.1, 0.15) is 5.75 Å². The minimum Gasteiger partial charge on any atom is -0.493 e. The standard InChI is InChI=1S/C20H28O/c1-14(6-5-7-15-8-9-15)17-12-16-10-11-21-19(16)18(13-17)20(2,3)4/h12-13,15H,1,5-11H2,2-4H3. The van der Waals surface area contributed by atoms with Crippen molar-refractivity contribution in [2.24, 2.45) is 5.92 Å². The van der Waals surface area contributed by atoms with E-state index >= 15 is 0 Å². The molecule has 0 spiro atoms. The summed E-state index contributed by atoms with van der Waals surface area (Å²) in [5.41, 5.74) is 5.48. The molecule has 1 aromatic rings. The first-order valence-electron chi connectivity index (χ1n) is 8.43. The van der Waals surface area contributed by atoms with E-state index in [1.807, 2.05) is 0 Å². The molecule has 3 rings (SSSR count). The maximum absolute atomic E-state index is 5.88. The third-order valence-corrected chi connectivity index (χ3v) is 4.79. The van der Waals surface area contributed by atoms with Gasteiger partial charge in [-0.3, -0.25) is 0 Å². The van der Waals surface area contributed by atoms with E-state index in [-0.39, 0.29) is 5.41 Å². The van der Waals surface area contributed by atoms with E-state index in [4.69, 9.17) is 4.74 Å². The summed E-state index contributed by atoms with van der Waals surface area (Å²) in [6.45, 7) is 12.0. The van der Waals surface area contributed by atoms with E-state index in [0.29, 0.717) is 0 Å². The average Bonchev–Trinajstić information content (AvgIpc) is 3.11. The number of rotatable bonds is 5. The van der Waals surface area contributed by atoms with Crippen molar-refractivity contribution in [1.29, 1.82) is 0 Å². The quantitative estimate of drug-likeness (QED) is 0.692. The highest BCUT2D eigenvalue weighted by Crippen LogP contribution is 2.40. The Morgan fingerprint density at radius 2 is 2.05 bits per heavy atom. The van der Waals surface area contributed by atoms with Crippen molar-refractivity contribution < 1.29 is 4.74 Å². The first kappa shape index (κ1) is 14.7. The molecule has 1 heterocycles. The molecule has 114 valence electrons. The van der Waals surface area contributed by atoms with Crippen molar-refractivity contribution in [2.45, 2.75) is 64.7 Å². The summed E-state index contributed by atoms with van der Waals surface area (Å²) in [5.74, 6) is 2.16. The van der Waals surface area contributed by atoms with E-state index in [2.05, 4.69) is 39.5 Å². The van der Waals surface area contributed by atoms with Gasteiger partial charge in [-0.1, -0.05) is 46.6 Å². The van der Waals surface area contributed by atoms with Crippen LogP contribution in [-0.4, -0.2) is 6.61 Å². The van der Waals surface area contributed by atoms with E-state index in [1.165, 1.54) is 47.9 Å². The van der Waals surface area contributed by atoms with Crippen LogP contribution in [0.2, 0.25) is 0 Å². The molecule has 0 amide bonds. The Kier molecular flexibility index (Phi) is 3.86. The zero-order valence-corrected chi connectivity index (χ0v) is 13.8. The molecule has 0 aromatic heterocycles. The average molecular weight is 284 g/mol. The molecule has 1 heteroatoms. The molecule has 0 unspecified atom stereocenters. The second-order valence-corrected chi connectivity index (χ2v) is 7.80. The molecule has 0 N–H and O–H groups in total. The van der Waals surface area contributed by atoms with Crippen LogP contribution in [0.3, 0.4) is 0 Å². The van der Waals surface area contributed by atoms with E-state index < -0.39 is 0 Å². The number of benzene rings is 1. The van der Waals surface area contributed by atoms with Gasteiger partial charge in [0.05, 0.1) is 6.61 Å². The van der Waals surface area contributed by atoms with Gasteiger partial charge in [-0.15, -0.1) is 0 Å². The normalized spacial score (nSPS) is 17.5. The van der Waals surface area contributed by atoms with Gasteiger partial charge in [0.15, 0.2) is 0 Å². The number of hydrogen-bond acceptors (Lipinski definition) is 1. The predicted molar refractivity (Wildman–Crippen MR) is 90.0 cm³/mol. The molecule has 0 bridgehead atoms. The molecule has 1 saturated carbocycles. The van der Waals surface area contributed by atoms with E-state index in [9.17, 15) is 0 Å². The Morgan fingerprint density at radius 1 is 1.29 bits per heavy atom. The lowest BCUT2D eigenvalue weighted by molar-refractivity contribution is 0.347. The molecule has 21 heavy (non-hydrogen) atoms. The van der Waals surface area contributed by atoms with Crippen LogP contribution in [0, 0.1) is 5.92 Å². The molecule has 0 saturated heterocycles. The molecule has 1 aromatic carbocycles. The minimum atomic E-state index is 0.124. The summed E-state index contributed by atoms with van der Waals surface area (Å²) in [7, 11) is 0. The fourth-order valence-corrected chi connectivity index (χ4v) is 3.22. The van der Waals surface area contributed by atoms with Crippen LogP contribution in [0.25, 0.3) is 5.57 Å². The minimum absolute atomic E-state index is 0.124. The summed E-state index contributed by atoms with van der Waals surface area (Å²) in [6, 6.07) is 4.64. The van der Waals surface area contributed by atoms with Crippen LogP contribution in [-0.2, 0) is 11.8 Å². The van der Waals surface area contributed by atoms with Crippen molar-refractivity contribution >= 4 is 5.57 Å². The highest BCUT2D eigenvalue weighted by Gasteiger charge is 2.26. The fraction of sp³-hybridized carbons (Fsp3) is 0.600. The summed E-state index contributed by atoms with van der Waals surface area (Å²) < 4.78 is 5.88. The van der Waals surface area contributed by atoms with Crippen LogP contribution in [0.15, 0.2) is 18.7 Å². The lowest BCUT2D eigenvalue weighted by Gasteiger charge is -2.23. The summed E-state index contributed by atoms with van der Waals surface area (Å²) in [6.07, 6.45) is 7.77. The van der Waals surface area contributed by atoms with Crippen molar-refractivity contribution in [1.82, 2.24) is 0 Å². The van der Waals surface area contributed by atoms with Crippen molar-refractivity contribution in [3.8, 4) is 5.75 Å². The van der Waals surface area contributed by atoms with Crippen LogP contribution in [0.1, 0.15) is 69.6 Å². The first-order chi connectivity index (χ1) is 9.95. The molecular formula is C20H28O. The third-order valence-electron chi connectivity index (χ3n) is 4.79. The Hall–Kier alpha value is -1.24. The van der Waals surface area contributed by atoms with E-state index in [1.54, 1.807) is 0 Å². The number of ether oxygens (including phenoxy) is 1. The first-order valence-corrected chi connectivity index (χ1v) is 8.43. The summed E-state index contributed by atoms with van der Waals surface area (Å²) in [4.78, 5) is 0. The number of fused-ring (bicyclic) bond motifs is 1. The second-order valence-electron chi connectivity index (χ2n) is 7.80. The van der Waals surface area contributed by atoms with Crippen LogP contribution < -0.4 is 4.74 Å². The van der Waals surface area contributed by atoms with Gasteiger partial charge in [-0.2, -0.15) is 0 Å². The van der Waals surface area contributed by atoms with Crippen molar-refractivity contribution in [3.05, 3.63) is 35.4 Å². The number of allylic oxidation sites excluding steroid dienone is 1. The molecular weight excluding hydrogens is 256 g/mol. The zero-order chi connectivity index (χ0) is 15.0. The van der Waals surface area contributed by atoms with Crippen LogP contribution in [0.5, 0.6) is 5.75 Å². The topological polar surface area (TPSA) is 9.23 Å². The maximum atomic E-state index is 5.88. The van der Waals surface area contributed by atoms with E-state index in [0.717, 1.165) is 31.1 Å². The Balaban J connectivity index is 1.79. The van der Waals surface area contributed by atoms with Gasteiger partial charge >= 0.3 is 0 Å². The number of hydrogen-bond donors (Lipinski definition) is 0. The molecule has 1 aliphatic heterocycles. The molecule has 0 radical (unpaired) electrons. The van der Waals surface area contributed by atoms with Gasteiger partial charge in [0, 0.05) is 12.0 Å². The van der Waals surface area contributed by atoms with Crippen LogP contribution in [0.4, 0.5) is 0 Å². The monoisotopic (exact) mass is 284 g/mol. The highest BCUT2D eigenvalue weighted by molar-refractivity contribution is 5.67. The molecule has 1 fully saturated rings. The Morgan fingerprint density at radius 3 is 2.71 bits per heavy atom. The van der Waals surface area contributed by atoms with Crippen molar-refractivity contribution in [3.63, 3.8) is 0 Å². The Bertz CT molecular complexity index is 544. The largest absolute Gasteiger partial charge is 0.493 e. The SMILES string of the molecule is C=C(CCCC1CC1)c1cc2c(c(C(C)(C)C)c1)OCC2.